The number of ether oxygens (including phenoxy) is 1. The van der Waals surface area contributed by atoms with Crippen LogP contribution in [0.2, 0.25) is 0 Å². The van der Waals surface area contributed by atoms with E-state index < -0.39 is 10.0 Å². The first-order chi connectivity index (χ1) is 11.5. The van der Waals surface area contributed by atoms with Gasteiger partial charge in [-0.05, 0) is 29.8 Å². The van der Waals surface area contributed by atoms with Crippen molar-refractivity contribution in [1.29, 1.82) is 0 Å². The second-order valence-electron chi connectivity index (χ2n) is 5.27. The molecule has 124 valence electrons. The van der Waals surface area contributed by atoms with Gasteiger partial charge < -0.3 is 10.5 Å². The van der Waals surface area contributed by atoms with Crippen molar-refractivity contribution in [3.05, 3.63) is 66.2 Å². The summed E-state index contributed by atoms with van der Waals surface area (Å²) < 4.78 is 31.1. The van der Waals surface area contributed by atoms with Gasteiger partial charge in [0.25, 0.3) is 10.0 Å². The molecule has 0 saturated heterocycles. The Kier molecular flexibility index (Phi) is 4.26. The van der Waals surface area contributed by atoms with Gasteiger partial charge in [-0.2, -0.15) is 5.10 Å². The fourth-order valence-corrected chi connectivity index (χ4v) is 3.67. The predicted octanol–water partition coefficient (Wildman–Crippen LogP) is 2.52. The first-order valence-corrected chi connectivity index (χ1v) is 8.87. The largest absolute Gasteiger partial charge is 0.497 e. The highest BCUT2D eigenvalue weighted by Crippen LogP contribution is 2.24. The molecule has 0 fully saturated rings. The summed E-state index contributed by atoms with van der Waals surface area (Å²) in [6, 6.07) is 17.6. The molecule has 0 unspecified atom stereocenters. The van der Waals surface area contributed by atoms with Crippen LogP contribution in [-0.4, -0.2) is 24.7 Å². The van der Waals surface area contributed by atoms with Crippen molar-refractivity contribution < 1.29 is 13.2 Å². The number of hydrogen-bond acceptors (Lipinski definition) is 5. The van der Waals surface area contributed by atoms with Crippen LogP contribution in [-0.2, 0) is 15.8 Å². The molecule has 3 rings (SSSR count). The van der Waals surface area contributed by atoms with Gasteiger partial charge in [0.2, 0.25) is 0 Å². The first kappa shape index (κ1) is 16.1. The molecule has 2 aromatic carbocycles. The van der Waals surface area contributed by atoms with Gasteiger partial charge in [0.05, 0.1) is 18.6 Å². The average molecular weight is 343 g/mol. The number of benzene rings is 2. The average Bonchev–Trinajstić information content (AvgIpc) is 2.98. The number of anilines is 1. The van der Waals surface area contributed by atoms with Crippen LogP contribution in [0, 0.1) is 0 Å². The third-order valence-corrected chi connectivity index (χ3v) is 5.06. The highest BCUT2D eigenvalue weighted by Gasteiger charge is 2.20. The summed E-state index contributed by atoms with van der Waals surface area (Å²) in [4.78, 5) is 0. The van der Waals surface area contributed by atoms with Crippen LogP contribution in [0.3, 0.4) is 0 Å². The van der Waals surface area contributed by atoms with E-state index in [1.807, 2.05) is 6.07 Å². The fraction of sp³-hybridized carbons (Fsp3) is 0.118. The Balaban J connectivity index is 1.93. The number of rotatable bonds is 5. The van der Waals surface area contributed by atoms with Crippen molar-refractivity contribution in [2.75, 3.05) is 12.8 Å². The van der Waals surface area contributed by atoms with Crippen molar-refractivity contribution in [2.24, 2.45) is 0 Å². The number of nitrogens with zero attached hydrogens (tertiary/aromatic N) is 2. The number of methoxy groups -OCH3 is 1. The van der Waals surface area contributed by atoms with Crippen LogP contribution in [0.15, 0.2) is 60.7 Å². The quantitative estimate of drug-likeness (QED) is 0.769. The molecule has 3 aromatic rings. The molecule has 2 N–H and O–H groups in total. The molecule has 0 atom stereocenters. The van der Waals surface area contributed by atoms with Crippen molar-refractivity contribution >= 4 is 15.8 Å². The number of aromatic nitrogens is 2. The van der Waals surface area contributed by atoms with Crippen LogP contribution in [0.25, 0.3) is 11.3 Å². The Bertz CT molecular complexity index is 933. The van der Waals surface area contributed by atoms with E-state index in [2.05, 4.69) is 5.10 Å². The van der Waals surface area contributed by atoms with Gasteiger partial charge in [-0.1, -0.05) is 30.3 Å². The Hall–Kier alpha value is -2.80. The second-order valence-corrected chi connectivity index (χ2v) is 7.07. The summed E-state index contributed by atoms with van der Waals surface area (Å²) in [6.07, 6.45) is 0. The van der Waals surface area contributed by atoms with E-state index in [0.29, 0.717) is 17.0 Å². The summed E-state index contributed by atoms with van der Waals surface area (Å²) in [6.45, 7) is 0. The van der Waals surface area contributed by atoms with Crippen molar-refractivity contribution in [3.63, 3.8) is 0 Å². The zero-order valence-corrected chi connectivity index (χ0v) is 13.9. The molecule has 0 saturated carbocycles. The molecule has 0 spiro atoms. The Morgan fingerprint density at radius 1 is 1.08 bits per heavy atom. The maximum Gasteiger partial charge on any atom is 0.259 e. The van der Waals surface area contributed by atoms with Gasteiger partial charge in [-0.15, -0.1) is 4.09 Å². The lowest BCUT2D eigenvalue weighted by Crippen LogP contribution is -2.18. The minimum Gasteiger partial charge on any atom is -0.497 e. The summed E-state index contributed by atoms with van der Waals surface area (Å²) in [5.41, 5.74) is 7.80. The zero-order valence-electron chi connectivity index (χ0n) is 13.1. The Morgan fingerprint density at radius 3 is 2.38 bits per heavy atom. The van der Waals surface area contributed by atoms with E-state index in [-0.39, 0.29) is 11.6 Å². The second kappa shape index (κ2) is 6.37. The van der Waals surface area contributed by atoms with Crippen molar-refractivity contribution in [3.8, 4) is 17.0 Å². The maximum atomic E-state index is 12.6. The molecule has 1 heterocycles. The van der Waals surface area contributed by atoms with Crippen LogP contribution in [0.1, 0.15) is 5.56 Å². The number of hydrogen-bond donors (Lipinski definition) is 1. The van der Waals surface area contributed by atoms with Crippen LogP contribution >= 0.6 is 0 Å². The molecular weight excluding hydrogens is 326 g/mol. The number of nitrogens with two attached hydrogens (primary N) is 1. The van der Waals surface area contributed by atoms with E-state index in [1.165, 1.54) is 0 Å². The monoisotopic (exact) mass is 343 g/mol. The van der Waals surface area contributed by atoms with E-state index in [0.717, 1.165) is 9.65 Å². The van der Waals surface area contributed by atoms with Gasteiger partial charge in [0.1, 0.15) is 11.6 Å². The smallest absolute Gasteiger partial charge is 0.259 e. The molecule has 7 heteroatoms. The first-order valence-electron chi connectivity index (χ1n) is 7.27. The molecule has 1 aromatic heterocycles. The predicted molar refractivity (Wildman–Crippen MR) is 93.1 cm³/mol. The summed E-state index contributed by atoms with van der Waals surface area (Å²) in [5, 5.41) is 4.17. The Labute approximate surface area is 140 Å². The minimum atomic E-state index is -3.69. The summed E-state index contributed by atoms with van der Waals surface area (Å²) in [5.74, 6) is 0.626. The molecule has 0 aliphatic rings. The molecule has 6 nitrogen and oxygen atoms in total. The van der Waals surface area contributed by atoms with Gasteiger partial charge in [0.15, 0.2) is 0 Å². The molecule has 0 aliphatic heterocycles. The minimum absolute atomic E-state index is 0.0803. The van der Waals surface area contributed by atoms with E-state index >= 15 is 0 Å². The topological polar surface area (TPSA) is 87.2 Å². The molecule has 0 aliphatic carbocycles. The molecule has 0 radical (unpaired) electrons. The zero-order chi connectivity index (χ0) is 17.2. The SMILES string of the molecule is COc1ccc(-c2cc(N)n(S(=O)(=O)Cc3ccccc3)n2)cc1. The van der Waals surface area contributed by atoms with Crippen LogP contribution in [0.5, 0.6) is 5.75 Å². The van der Waals surface area contributed by atoms with Gasteiger partial charge >= 0.3 is 0 Å². The Morgan fingerprint density at radius 2 is 1.75 bits per heavy atom. The third kappa shape index (κ3) is 3.26. The highest BCUT2D eigenvalue weighted by molar-refractivity contribution is 7.89. The van der Waals surface area contributed by atoms with Crippen molar-refractivity contribution in [1.82, 2.24) is 9.19 Å². The number of nitrogen functional groups attached to an aromatic ring is 1. The van der Waals surface area contributed by atoms with Gasteiger partial charge in [-0.3, -0.25) is 0 Å². The lowest BCUT2D eigenvalue weighted by molar-refractivity contribution is 0.415. The van der Waals surface area contributed by atoms with E-state index in [9.17, 15) is 8.42 Å². The lowest BCUT2D eigenvalue weighted by Gasteiger charge is -2.06. The maximum absolute atomic E-state index is 12.6. The van der Waals surface area contributed by atoms with Crippen LogP contribution in [0.4, 0.5) is 5.82 Å². The van der Waals surface area contributed by atoms with E-state index in [1.54, 1.807) is 61.7 Å². The van der Waals surface area contributed by atoms with Crippen molar-refractivity contribution in [2.45, 2.75) is 5.75 Å². The lowest BCUT2D eigenvalue weighted by atomic mass is 10.1. The summed E-state index contributed by atoms with van der Waals surface area (Å²) in [7, 11) is -2.11. The molecule has 0 amide bonds. The van der Waals surface area contributed by atoms with E-state index in [4.69, 9.17) is 10.5 Å². The summed E-state index contributed by atoms with van der Waals surface area (Å²) >= 11 is 0. The normalized spacial score (nSPS) is 11.4. The fourth-order valence-electron chi connectivity index (χ4n) is 2.35. The molecule has 0 bridgehead atoms. The van der Waals surface area contributed by atoms with Crippen LogP contribution < -0.4 is 10.5 Å². The third-order valence-electron chi connectivity index (χ3n) is 3.55. The highest BCUT2D eigenvalue weighted by atomic mass is 32.2. The van der Waals surface area contributed by atoms with Gasteiger partial charge in [-0.25, -0.2) is 8.42 Å². The molecular formula is C17H17N3O3S. The van der Waals surface area contributed by atoms with Gasteiger partial charge in [0, 0.05) is 11.6 Å². The molecule has 24 heavy (non-hydrogen) atoms. The standard InChI is InChI=1S/C17H17N3O3S/c1-23-15-9-7-14(8-10-15)16-11-17(18)20(19-16)24(21,22)12-13-5-3-2-4-6-13/h2-11H,12,18H2,1H3.